The van der Waals surface area contributed by atoms with Gasteiger partial charge in [0.1, 0.15) is 12.4 Å². The summed E-state index contributed by atoms with van der Waals surface area (Å²) in [4.78, 5) is 21.6. The Labute approximate surface area is 125 Å². The van der Waals surface area contributed by atoms with Crippen LogP contribution in [-0.2, 0) is 14.3 Å². The highest BCUT2D eigenvalue weighted by atomic mass is 35.5. The standard InChI is InChI=1S/C12H13Cl2NO5/c13-9-2-1-8(5-10(9)14)20-6-11(16)15-3-4-19-7-12(17)18/h1-2,5H,3-4,6-7H2,(H,15,16)(H,17,18). The van der Waals surface area contributed by atoms with Crippen molar-refractivity contribution in [3.8, 4) is 5.75 Å². The van der Waals surface area contributed by atoms with Crippen LogP contribution in [-0.4, -0.2) is 43.3 Å². The third-order valence-electron chi connectivity index (χ3n) is 2.06. The number of halogens is 2. The fourth-order valence-corrected chi connectivity index (χ4v) is 1.48. The first-order valence-electron chi connectivity index (χ1n) is 5.63. The second-order valence-corrected chi connectivity index (χ2v) is 4.48. The fraction of sp³-hybridized carbons (Fsp3) is 0.333. The van der Waals surface area contributed by atoms with Gasteiger partial charge >= 0.3 is 5.97 Å². The number of aliphatic carboxylic acids is 1. The molecular weight excluding hydrogens is 309 g/mol. The van der Waals surface area contributed by atoms with E-state index in [1.165, 1.54) is 6.07 Å². The topological polar surface area (TPSA) is 84.9 Å². The van der Waals surface area contributed by atoms with Crippen molar-refractivity contribution >= 4 is 35.1 Å². The summed E-state index contributed by atoms with van der Waals surface area (Å²) in [6.07, 6.45) is 0. The molecule has 20 heavy (non-hydrogen) atoms. The van der Waals surface area contributed by atoms with Crippen LogP contribution in [0, 0.1) is 0 Å². The summed E-state index contributed by atoms with van der Waals surface area (Å²) in [6, 6.07) is 4.67. The van der Waals surface area contributed by atoms with Crippen molar-refractivity contribution in [3.05, 3.63) is 28.2 Å². The SMILES string of the molecule is O=C(O)COCCNC(=O)COc1ccc(Cl)c(Cl)c1. The normalized spacial score (nSPS) is 10.1. The third-order valence-corrected chi connectivity index (χ3v) is 2.79. The van der Waals surface area contributed by atoms with Crippen LogP contribution in [0.4, 0.5) is 0 Å². The highest BCUT2D eigenvalue weighted by Crippen LogP contribution is 2.26. The number of amides is 1. The number of benzene rings is 1. The molecule has 110 valence electrons. The first-order chi connectivity index (χ1) is 9.49. The minimum atomic E-state index is -1.06. The minimum absolute atomic E-state index is 0.116. The Morgan fingerprint density at radius 1 is 1.20 bits per heavy atom. The van der Waals surface area contributed by atoms with Gasteiger partial charge in [-0.25, -0.2) is 4.79 Å². The van der Waals surface area contributed by atoms with Gasteiger partial charge in [-0.05, 0) is 12.1 Å². The van der Waals surface area contributed by atoms with E-state index in [-0.39, 0.29) is 25.7 Å². The zero-order chi connectivity index (χ0) is 15.0. The van der Waals surface area contributed by atoms with E-state index < -0.39 is 12.6 Å². The van der Waals surface area contributed by atoms with Crippen molar-refractivity contribution in [3.63, 3.8) is 0 Å². The number of carbonyl (C=O) groups is 2. The van der Waals surface area contributed by atoms with Gasteiger partial charge in [-0.1, -0.05) is 23.2 Å². The fourth-order valence-electron chi connectivity index (χ4n) is 1.19. The zero-order valence-corrected chi connectivity index (χ0v) is 11.9. The van der Waals surface area contributed by atoms with Gasteiger partial charge < -0.3 is 19.9 Å². The summed E-state index contributed by atoms with van der Waals surface area (Å²) in [5, 5.41) is 11.6. The molecule has 1 amide bonds. The third kappa shape index (κ3) is 6.60. The van der Waals surface area contributed by atoms with E-state index >= 15 is 0 Å². The van der Waals surface area contributed by atoms with Gasteiger partial charge in [-0.15, -0.1) is 0 Å². The molecule has 0 saturated carbocycles. The first-order valence-corrected chi connectivity index (χ1v) is 6.38. The molecule has 1 rings (SSSR count). The van der Waals surface area contributed by atoms with Crippen LogP contribution >= 0.6 is 23.2 Å². The second kappa shape index (κ2) is 8.63. The smallest absolute Gasteiger partial charge is 0.329 e. The Hall–Kier alpha value is -1.50. The molecule has 0 aliphatic heterocycles. The summed E-state index contributed by atoms with van der Waals surface area (Å²) in [5.41, 5.74) is 0. The van der Waals surface area contributed by atoms with Crippen molar-refractivity contribution in [2.75, 3.05) is 26.4 Å². The number of hydrogen-bond acceptors (Lipinski definition) is 4. The lowest BCUT2D eigenvalue weighted by atomic mass is 10.3. The van der Waals surface area contributed by atoms with Crippen molar-refractivity contribution in [1.29, 1.82) is 0 Å². The van der Waals surface area contributed by atoms with E-state index in [0.29, 0.717) is 15.8 Å². The molecule has 0 unspecified atom stereocenters. The number of carboxylic acids is 1. The maximum atomic E-state index is 11.4. The van der Waals surface area contributed by atoms with Crippen molar-refractivity contribution in [2.24, 2.45) is 0 Å². The van der Waals surface area contributed by atoms with Gasteiger partial charge in [0.25, 0.3) is 5.91 Å². The Balaban J connectivity index is 2.19. The number of ether oxygens (including phenoxy) is 2. The van der Waals surface area contributed by atoms with Gasteiger partial charge in [-0.3, -0.25) is 4.79 Å². The quantitative estimate of drug-likeness (QED) is 0.710. The summed E-state index contributed by atoms with van der Waals surface area (Å²) >= 11 is 11.5. The summed E-state index contributed by atoms with van der Waals surface area (Å²) in [5.74, 6) is -0.981. The summed E-state index contributed by atoms with van der Waals surface area (Å²) < 4.78 is 9.96. The maximum absolute atomic E-state index is 11.4. The molecule has 0 aromatic heterocycles. The van der Waals surface area contributed by atoms with Gasteiger partial charge in [0.05, 0.1) is 16.7 Å². The summed E-state index contributed by atoms with van der Waals surface area (Å²) in [7, 11) is 0. The average Bonchev–Trinajstić information content (AvgIpc) is 2.39. The number of nitrogens with one attached hydrogen (secondary N) is 1. The molecule has 0 radical (unpaired) electrons. The number of rotatable bonds is 8. The van der Waals surface area contributed by atoms with Crippen LogP contribution in [0.5, 0.6) is 5.75 Å². The van der Waals surface area contributed by atoms with Gasteiger partial charge in [0.15, 0.2) is 6.61 Å². The minimum Gasteiger partial charge on any atom is -0.484 e. The summed E-state index contributed by atoms with van der Waals surface area (Å²) in [6.45, 7) is -0.256. The number of hydrogen-bond donors (Lipinski definition) is 2. The van der Waals surface area contributed by atoms with Crippen molar-refractivity contribution in [1.82, 2.24) is 5.32 Å². The van der Waals surface area contributed by atoms with Crippen LogP contribution in [0.3, 0.4) is 0 Å². The van der Waals surface area contributed by atoms with Gasteiger partial charge in [0.2, 0.25) is 0 Å². The Morgan fingerprint density at radius 2 is 1.95 bits per heavy atom. The van der Waals surface area contributed by atoms with Crippen LogP contribution in [0.1, 0.15) is 0 Å². The van der Waals surface area contributed by atoms with Crippen LogP contribution in [0.15, 0.2) is 18.2 Å². The largest absolute Gasteiger partial charge is 0.484 e. The molecule has 6 nitrogen and oxygen atoms in total. The second-order valence-electron chi connectivity index (χ2n) is 3.66. The van der Waals surface area contributed by atoms with Crippen LogP contribution in [0.25, 0.3) is 0 Å². The molecule has 1 aromatic rings. The van der Waals surface area contributed by atoms with Crippen molar-refractivity contribution < 1.29 is 24.2 Å². The Morgan fingerprint density at radius 3 is 2.60 bits per heavy atom. The maximum Gasteiger partial charge on any atom is 0.329 e. The lowest BCUT2D eigenvalue weighted by Crippen LogP contribution is -2.32. The van der Waals surface area contributed by atoms with Crippen LogP contribution in [0.2, 0.25) is 10.0 Å². The molecule has 2 N–H and O–H groups in total. The molecule has 0 atom stereocenters. The molecular formula is C12H13Cl2NO5. The van der Waals surface area contributed by atoms with E-state index in [2.05, 4.69) is 5.32 Å². The zero-order valence-electron chi connectivity index (χ0n) is 10.4. The number of carbonyl (C=O) groups excluding carboxylic acids is 1. The molecule has 0 aliphatic carbocycles. The van der Waals surface area contributed by atoms with E-state index in [1.54, 1.807) is 12.1 Å². The predicted octanol–water partition coefficient (Wildman–Crippen LogP) is 1.59. The van der Waals surface area contributed by atoms with E-state index in [0.717, 1.165) is 0 Å². The van der Waals surface area contributed by atoms with E-state index in [4.69, 9.17) is 37.8 Å². The molecule has 0 fully saturated rings. The Kier molecular flexibility index (Phi) is 7.14. The molecule has 0 saturated heterocycles. The first kappa shape index (κ1) is 16.6. The molecule has 0 aliphatic rings. The molecule has 0 spiro atoms. The highest BCUT2D eigenvalue weighted by Gasteiger charge is 2.04. The molecule has 0 heterocycles. The van der Waals surface area contributed by atoms with Gasteiger partial charge in [-0.2, -0.15) is 0 Å². The highest BCUT2D eigenvalue weighted by molar-refractivity contribution is 6.42. The lowest BCUT2D eigenvalue weighted by molar-refractivity contribution is -0.142. The van der Waals surface area contributed by atoms with E-state index in [1.807, 2.05) is 0 Å². The molecule has 8 heteroatoms. The molecule has 0 bridgehead atoms. The van der Waals surface area contributed by atoms with E-state index in [9.17, 15) is 9.59 Å². The van der Waals surface area contributed by atoms with Crippen LogP contribution < -0.4 is 10.1 Å². The number of carboxylic acid groups (broad SMARTS) is 1. The lowest BCUT2D eigenvalue weighted by Gasteiger charge is -2.08. The van der Waals surface area contributed by atoms with Gasteiger partial charge in [0, 0.05) is 12.6 Å². The predicted molar refractivity (Wildman–Crippen MR) is 73.4 cm³/mol. The Bertz CT molecular complexity index is 481. The van der Waals surface area contributed by atoms with Crippen molar-refractivity contribution in [2.45, 2.75) is 0 Å². The molecule has 1 aromatic carbocycles. The monoisotopic (exact) mass is 321 g/mol. The average molecular weight is 322 g/mol.